The van der Waals surface area contributed by atoms with Gasteiger partial charge in [-0.3, -0.25) is 10.1 Å². The average molecular weight is 317 g/mol. The van der Waals surface area contributed by atoms with E-state index in [9.17, 15) is 22.9 Å². The van der Waals surface area contributed by atoms with E-state index in [2.05, 4.69) is 10.0 Å². The first kappa shape index (κ1) is 15.8. The van der Waals surface area contributed by atoms with Crippen LogP contribution in [0.2, 0.25) is 0 Å². The fraction of sp³-hybridized carbons (Fsp3) is 0.500. The number of halogens is 1. The lowest BCUT2D eigenvalue weighted by atomic mass is 9.97. The first-order valence-corrected chi connectivity index (χ1v) is 7.97. The van der Waals surface area contributed by atoms with Crippen molar-refractivity contribution in [2.75, 3.05) is 13.1 Å². The molecule has 1 aromatic carbocycles. The van der Waals surface area contributed by atoms with Crippen LogP contribution >= 0.6 is 0 Å². The highest BCUT2D eigenvalue weighted by Crippen LogP contribution is 2.27. The van der Waals surface area contributed by atoms with E-state index >= 15 is 0 Å². The van der Waals surface area contributed by atoms with Crippen molar-refractivity contribution < 1.29 is 17.7 Å². The van der Waals surface area contributed by atoms with Gasteiger partial charge in [0.2, 0.25) is 15.8 Å². The van der Waals surface area contributed by atoms with Gasteiger partial charge in [-0.1, -0.05) is 13.0 Å². The Kier molecular flexibility index (Phi) is 4.55. The van der Waals surface area contributed by atoms with E-state index in [1.54, 1.807) is 0 Å². The summed E-state index contributed by atoms with van der Waals surface area (Å²) >= 11 is 0. The molecular weight excluding hydrogens is 301 g/mol. The normalized spacial score (nSPS) is 23.0. The summed E-state index contributed by atoms with van der Waals surface area (Å²) in [5.41, 5.74) is -1.02. The molecule has 2 unspecified atom stereocenters. The van der Waals surface area contributed by atoms with E-state index in [4.69, 9.17) is 0 Å². The summed E-state index contributed by atoms with van der Waals surface area (Å²) in [6.07, 6.45) is 0.573. The largest absolute Gasteiger partial charge is 0.324 e. The number of nitrogens with zero attached hydrogens (tertiary/aromatic N) is 1. The molecule has 1 heterocycles. The molecule has 9 heteroatoms. The van der Waals surface area contributed by atoms with Gasteiger partial charge in [0.05, 0.1) is 4.92 Å². The number of para-hydroxylation sites is 1. The number of benzene rings is 1. The smallest absolute Gasteiger partial charge is 0.316 e. The Labute approximate surface area is 121 Å². The van der Waals surface area contributed by atoms with Crippen LogP contribution in [0.5, 0.6) is 0 Å². The van der Waals surface area contributed by atoms with Crippen molar-refractivity contribution in [3.05, 3.63) is 34.1 Å². The number of sulfonamides is 1. The topological polar surface area (TPSA) is 101 Å². The molecule has 7 nitrogen and oxygen atoms in total. The minimum absolute atomic E-state index is 0.0427. The molecule has 116 valence electrons. The Morgan fingerprint density at radius 3 is 2.81 bits per heavy atom. The fourth-order valence-corrected chi connectivity index (χ4v) is 3.90. The van der Waals surface area contributed by atoms with Gasteiger partial charge in [0.1, 0.15) is 0 Å². The molecule has 1 aliphatic rings. The van der Waals surface area contributed by atoms with Crippen LogP contribution in [0, 0.1) is 21.8 Å². The summed E-state index contributed by atoms with van der Waals surface area (Å²) in [7, 11) is -4.15. The summed E-state index contributed by atoms with van der Waals surface area (Å²) in [5.74, 6) is -1.12. The summed E-state index contributed by atoms with van der Waals surface area (Å²) in [5, 5.41) is 14.0. The van der Waals surface area contributed by atoms with Crippen LogP contribution in [0.1, 0.15) is 13.3 Å². The van der Waals surface area contributed by atoms with Crippen molar-refractivity contribution in [3.63, 3.8) is 0 Å². The SMILES string of the molecule is CC1CNCCC1NS(=O)(=O)c1cccc(F)c1[N+](=O)[O-]. The molecule has 21 heavy (non-hydrogen) atoms. The van der Waals surface area contributed by atoms with Gasteiger partial charge in [-0.05, 0) is 37.6 Å². The van der Waals surface area contributed by atoms with E-state index in [0.717, 1.165) is 18.2 Å². The monoisotopic (exact) mass is 317 g/mol. The third-order valence-electron chi connectivity index (χ3n) is 3.51. The molecule has 0 spiro atoms. The number of hydrogen-bond acceptors (Lipinski definition) is 5. The van der Waals surface area contributed by atoms with Gasteiger partial charge in [0.25, 0.3) is 0 Å². The molecule has 0 aliphatic carbocycles. The van der Waals surface area contributed by atoms with Gasteiger partial charge in [-0.15, -0.1) is 0 Å². The Morgan fingerprint density at radius 2 is 2.19 bits per heavy atom. The fourth-order valence-electron chi connectivity index (χ4n) is 2.34. The summed E-state index contributed by atoms with van der Waals surface area (Å²) in [6, 6.07) is 2.71. The molecule has 2 rings (SSSR count). The number of piperidine rings is 1. The zero-order valence-corrected chi connectivity index (χ0v) is 12.2. The second kappa shape index (κ2) is 6.04. The van der Waals surface area contributed by atoms with Crippen molar-refractivity contribution in [2.24, 2.45) is 5.92 Å². The maximum Gasteiger partial charge on any atom is 0.324 e. The maximum absolute atomic E-state index is 13.5. The predicted molar refractivity (Wildman–Crippen MR) is 73.8 cm³/mol. The number of rotatable bonds is 4. The highest BCUT2D eigenvalue weighted by Gasteiger charge is 2.33. The van der Waals surface area contributed by atoms with Crippen LogP contribution in [0.15, 0.2) is 23.1 Å². The first-order valence-electron chi connectivity index (χ1n) is 6.49. The molecule has 1 fully saturated rings. The molecule has 0 saturated carbocycles. The maximum atomic E-state index is 13.5. The molecule has 1 aromatic rings. The first-order chi connectivity index (χ1) is 9.83. The third-order valence-corrected chi connectivity index (χ3v) is 5.04. The van der Waals surface area contributed by atoms with Crippen LogP contribution in [-0.4, -0.2) is 32.5 Å². The van der Waals surface area contributed by atoms with Crippen molar-refractivity contribution in [1.29, 1.82) is 0 Å². The van der Waals surface area contributed by atoms with Crippen LogP contribution in [0.25, 0.3) is 0 Å². The quantitative estimate of drug-likeness (QED) is 0.637. The van der Waals surface area contributed by atoms with Crippen molar-refractivity contribution in [2.45, 2.75) is 24.3 Å². The van der Waals surface area contributed by atoms with E-state index in [1.165, 1.54) is 0 Å². The average Bonchev–Trinajstić information content (AvgIpc) is 2.40. The Hall–Kier alpha value is -1.58. The molecule has 0 radical (unpaired) electrons. The van der Waals surface area contributed by atoms with E-state index in [-0.39, 0.29) is 12.0 Å². The minimum atomic E-state index is -4.15. The van der Waals surface area contributed by atoms with Crippen molar-refractivity contribution in [1.82, 2.24) is 10.0 Å². The highest BCUT2D eigenvalue weighted by molar-refractivity contribution is 7.89. The lowest BCUT2D eigenvalue weighted by Gasteiger charge is -2.29. The minimum Gasteiger partial charge on any atom is -0.316 e. The van der Waals surface area contributed by atoms with Crippen LogP contribution < -0.4 is 10.0 Å². The zero-order chi connectivity index (χ0) is 15.6. The predicted octanol–water partition coefficient (Wildman–Crippen LogP) is 1.01. The van der Waals surface area contributed by atoms with Crippen LogP contribution in [0.4, 0.5) is 10.1 Å². The van der Waals surface area contributed by atoms with Crippen LogP contribution in [-0.2, 0) is 10.0 Å². The molecule has 2 N–H and O–H groups in total. The Balaban J connectivity index is 2.36. The number of nitro benzene ring substituents is 1. The van der Waals surface area contributed by atoms with Gasteiger partial charge < -0.3 is 5.32 Å². The standard InChI is InChI=1S/C12H16FN3O4S/c1-8-7-14-6-5-10(8)15-21(19,20)11-4-2-3-9(13)12(11)16(17)18/h2-4,8,10,14-15H,5-7H2,1H3. The summed E-state index contributed by atoms with van der Waals surface area (Å²) in [4.78, 5) is 9.25. The molecule has 1 aliphatic heterocycles. The second-order valence-corrected chi connectivity index (χ2v) is 6.72. The molecule has 0 bridgehead atoms. The number of nitrogens with one attached hydrogen (secondary N) is 2. The van der Waals surface area contributed by atoms with Gasteiger partial charge in [-0.25, -0.2) is 13.1 Å². The molecule has 0 amide bonds. The van der Waals surface area contributed by atoms with E-state index in [1.807, 2.05) is 6.92 Å². The molecule has 2 atom stereocenters. The highest BCUT2D eigenvalue weighted by atomic mass is 32.2. The molecule has 1 saturated heterocycles. The van der Waals surface area contributed by atoms with Gasteiger partial charge >= 0.3 is 5.69 Å². The molecule has 0 aromatic heterocycles. The second-order valence-electron chi connectivity index (χ2n) is 5.04. The Bertz CT molecular complexity index is 650. The van der Waals surface area contributed by atoms with Crippen molar-refractivity contribution >= 4 is 15.7 Å². The lowest BCUT2D eigenvalue weighted by molar-refractivity contribution is -0.390. The third kappa shape index (κ3) is 3.36. The van der Waals surface area contributed by atoms with E-state index in [0.29, 0.717) is 19.5 Å². The van der Waals surface area contributed by atoms with E-state index < -0.39 is 31.3 Å². The zero-order valence-electron chi connectivity index (χ0n) is 11.4. The van der Waals surface area contributed by atoms with Gasteiger partial charge in [0.15, 0.2) is 4.90 Å². The van der Waals surface area contributed by atoms with Gasteiger partial charge in [-0.2, -0.15) is 4.39 Å². The van der Waals surface area contributed by atoms with Gasteiger partial charge in [0, 0.05) is 6.04 Å². The Morgan fingerprint density at radius 1 is 1.48 bits per heavy atom. The molecular formula is C12H16FN3O4S. The summed E-state index contributed by atoms with van der Waals surface area (Å²) < 4.78 is 40.6. The number of nitro groups is 1. The van der Waals surface area contributed by atoms with Crippen LogP contribution in [0.3, 0.4) is 0 Å². The summed E-state index contributed by atoms with van der Waals surface area (Å²) in [6.45, 7) is 3.18. The number of hydrogen-bond donors (Lipinski definition) is 2. The van der Waals surface area contributed by atoms with Crippen molar-refractivity contribution in [3.8, 4) is 0 Å². The lowest BCUT2D eigenvalue weighted by Crippen LogP contribution is -2.48.